The number of likely N-dealkylation sites (N-methyl/N-ethyl adjacent to an activating group) is 1. The minimum Gasteiger partial charge on any atom is -0.352 e. The maximum Gasteiger partial charge on any atom is 0.433 e. The second kappa shape index (κ2) is 7.14. The predicted octanol–water partition coefficient (Wildman–Crippen LogP) is 3.86. The molecule has 0 radical (unpaired) electrons. The number of nitrogens with one attached hydrogen (secondary N) is 1. The van der Waals surface area contributed by atoms with Gasteiger partial charge in [0, 0.05) is 17.8 Å². The van der Waals surface area contributed by atoms with Crippen LogP contribution in [0.4, 0.5) is 19.1 Å². The third kappa shape index (κ3) is 4.80. The lowest BCUT2D eigenvalue weighted by molar-refractivity contribution is -0.141. The Balaban J connectivity index is 2.12. The highest BCUT2D eigenvalue weighted by molar-refractivity contribution is 6.30. The smallest absolute Gasteiger partial charge is 0.352 e. The van der Waals surface area contributed by atoms with Crippen LogP contribution in [0.3, 0.4) is 0 Å². The zero-order chi connectivity index (χ0) is 17.0. The van der Waals surface area contributed by atoms with Crippen LogP contribution < -0.4 is 5.32 Å². The zero-order valence-corrected chi connectivity index (χ0v) is 13.4. The Morgan fingerprint density at radius 1 is 1.17 bits per heavy atom. The summed E-state index contributed by atoms with van der Waals surface area (Å²) < 4.78 is 38.0. The number of hydrogen-bond donors (Lipinski definition) is 1. The first-order valence-corrected chi connectivity index (χ1v) is 7.21. The molecule has 0 amide bonds. The summed E-state index contributed by atoms with van der Waals surface area (Å²) in [4.78, 5) is 9.27. The van der Waals surface area contributed by atoms with Crippen LogP contribution in [0.15, 0.2) is 36.5 Å². The van der Waals surface area contributed by atoms with E-state index >= 15 is 0 Å². The van der Waals surface area contributed by atoms with Crippen LogP contribution >= 0.6 is 11.6 Å². The van der Waals surface area contributed by atoms with Crippen LogP contribution in [0, 0.1) is 0 Å². The van der Waals surface area contributed by atoms with E-state index in [1.807, 2.05) is 31.1 Å². The molecule has 0 spiro atoms. The number of hydrogen-bond acceptors (Lipinski definition) is 4. The summed E-state index contributed by atoms with van der Waals surface area (Å²) in [7, 11) is 3.77. The van der Waals surface area contributed by atoms with Crippen molar-refractivity contribution in [3.63, 3.8) is 0 Å². The van der Waals surface area contributed by atoms with E-state index in [9.17, 15) is 13.2 Å². The fourth-order valence-electron chi connectivity index (χ4n) is 2.07. The molecule has 1 aromatic carbocycles. The lowest BCUT2D eigenvalue weighted by Gasteiger charge is -2.25. The quantitative estimate of drug-likeness (QED) is 0.894. The third-order valence-electron chi connectivity index (χ3n) is 3.28. The Morgan fingerprint density at radius 2 is 1.83 bits per heavy atom. The van der Waals surface area contributed by atoms with E-state index in [0.717, 1.165) is 17.8 Å². The second-order valence-electron chi connectivity index (χ2n) is 5.18. The summed E-state index contributed by atoms with van der Waals surface area (Å²) in [6, 6.07) is 8.07. The first-order valence-electron chi connectivity index (χ1n) is 6.83. The van der Waals surface area contributed by atoms with Crippen LogP contribution in [0.2, 0.25) is 5.02 Å². The van der Waals surface area contributed by atoms with Gasteiger partial charge < -0.3 is 10.2 Å². The fourth-order valence-corrected chi connectivity index (χ4v) is 2.20. The Hall–Kier alpha value is -1.86. The molecule has 2 aromatic rings. The van der Waals surface area contributed by atoms with Crippen molar-refractivity contribution in [1.82, 2.24) is 14.9 Å². The van der Waals surface area contributed by atoms with Crippen LogP contribution in [-0.2, 0) is 6.18 Å². The monoisotopic (exact) mass is 344 g/mol. The average Bonchev–Trinajstić information content (AvgIpc) is 2.48. The number of benzene rings is 1. The van der Waals surface area contributed by atoms with Gasteiger partial charge in [-0.15, -0.1) is 0 Å². The van der Waals surface area contributed by atoms with E-state index in [1.165, 1.54) is 0 Å². The number of aromatic nitrogens is 2. The topological polar surface area (TPSA) is 41.0 Å². The van der Waals surface area contributed by atoms with Crippen LogP contribution in [-0.4, -0.2) is 35.5 Å². The molecule has 8 heteroatoms. The van der Waals surface area contributed by atoms with Gasteiger partial charge in [-0.05, 0) is 37.9 Å². The molecule has 0 aliphatic carbocycles. The number of anilines is 1. The van der Waals surface area contributed by atoms with E-state index in [2.05, 4.69) is 15.3 Å². The molecule has 1 atom stereocenters. The molecule has 0 saturated heterocycles. The number of rotatable bonds is 5. The van der Waals surface area contributed by atoms with Gasteiger partial charge in [0.05, 0.1) is 6.04 Å². The Kier molecular flexibility index (Phi) is 5.43. The Labute approximate surface area is 137 Å². The molecule has 0 aliphatic rings. The number of halogens is 4. The SMILES string of the molecule is CN(C)C(CNc1nccc(C(F)(F)F)n1)c1ccc(Cl)cc1. The molecular formula is C15H16ClF3N4. The molecule has 124 valence electrons. The predicted molar refractivity (Wildman–Crippen MR) is 83.4 cm³/mol. The van der Waals surface area contributed by atoms with E-state index in [4.69, 9.17) is 11.6 Å². The maximum absolute atomic E-state index is 12.7. The van der Waals surface area contributed by atoms with Crippen molar-refractivity contribution in [2.75, 3.05) is 26.0 Å². The fraction of sp³-hybridized carbons (Fsp3) is 0.333. The standard InChI is InChI=1S/C15H16ClF3N4/c1-23(2)12(10-3-5-11(16)6-4-10)9-21-14-20-8-7-13(22-14)15(17,18)19/h3-8,12H,9H2,1-2H3,(H,20,21,22). The number of alkyl halides is 3. The van der Waals surface area contributed by atoms with Crippen molar-refractivity contribution < 1.29 is 13.2 Å². The van der Waals surface area contributed by atoms with Crippen LogP contribution in [0.5, 0.6) is 0 Å². The molecule has 0 aliphatic heterocycles. The van der Waals surface area contributed by atoms with Gasteiger partial charge >= 0.3 is 6.18 Å². The van der Waals surface area contributed by atoms with Gasteiger partial charge in [-0.1, -0.05) is 23.7 Å². The van der Waals surface area contributed by atoms with Gasteiger partial charge in [0.1, 0.15) is 5.69 Å². The molecule has 23 heavy (non-hydrogen) atoms. The van der Waals surface area contributed by atoms with Gasteiger partial charge in [0.2, 0.25) is 5.95 Å². The minimum atomic E-state index is -4.49. The van der Waals surface area contributed by atoms with Gasteiger partial charge in [-0.3, -0.25) is 0 Å². The van der Waals surface area contributed by atoms with Crippen molar-refractivity contribution in [3.8, 4) is 0 Å². The summed E-state index contributed by atoms with van der Waals surface area (Å²) in [5.74, 6) is -0.0550. The van der Waals surface area contributed by atoms with Crippen molar-refractivity contribution in [1.29, 1.82) is 0 Å². The van der Waals surface area contributed by atoms with Crippen molar-refractivity contribution in [2.45, 2.75) is 12.2 Å². The van der Waals surface area contributed by atoms with E-state index < -0.39 is 11.9 Å². The molecule has 4 nitrogen and oxygen atoms in total. The van der Waals surface area contributed by atoms with E-state index in [1.54, 1.807) is 12.1 Å². The summed E-state index contributed by atoms with van der Waals surface area (Å²) in [5.41, 5.74) is 0.0155. The van der Waals surface area contributed by atoms with Gasteiger partial charge in [0.15, 0.2) is 0 Å². The molecule has 1 aromatic heterocycles. The summed E-state index contributed by atoms with van der Waals surface area (Å²) in [6.45, 7) is 0.357. The van der Waals surface area contributed by atoms with Crippen molar-refractivity contribution in [3.05, 3.63) is 52.8 Å². The third-order valence-corrected chi connectivity index (χ3v) is 3.53. The van der Waals surface area contributed by atoms with Gasteiger partial charge in [-0.25, -0.2) is 9.97 Å². The highest BCUT2D eigenvalue weighted by Gasteiger charge is 2.32. The average molecular weight is 345 g/mol. The Morgan fingerprint density at radius 3 is 2.39 bits per heavy atom. The van der Waals surface area contributed by atoms with E-state index in [0.29, 0.717) is 11.6 Å². The Bertz CT molecular complexity index is 644. The normalized spacial score (nSPS) is 13.2. The first kappa shape index (κ1) is 17.5. The van der Waals surface area contributed by atoms with Crippen LogP contribution in [0.1, 0.15) is 17.3 Å². The molecule has 0 bridgehead atoms. The van der Waals surface area contributed by atoms with Crippen molar-refractivity contribution >= 4 is 17.5 Å². The molecular weight excluding hydrogens is 329 g/mol. The second-order valence-corrected chi connectivity index (χ2v) is 5.61. The maximum atomic E-state index is 12.7. The molecule has 0 fully saturated rings. The summed E-state index contributed by atoms with van der Waals surface area (Å²) >= 11 is 5.87. The van der Waals surface area contributed by atoms with Gasteiger partial charge in [0.25, 0.3) is 0 Å². The highest BCUT2D eigenvalue weighted by Crippen LogP contribution is 2.27. The molecule has 0 saturated carbocycles. The molecule has 2 rings (SSSR count). The molecule has 1 heterocycles. The molecule has 1 unspecified atom stereocenters. The minimum absolute atomic E-state index is 0.0550. The number of nitrogens with zero attached hydrogens (tertiary/aromatic N) is 3. The highest BCUT2D eigenvalue weighted by atomic mass is 35.5. The molecule has 1 N–H and O–H groups in total. The lowest BCUT2D eigenvalue weighted by atomic mass is 10.1. The zero-order valence-electron chi connectivity index (χ0n) is 12.6. The summed E-state index contributed by atoms with van der Waals surface area (Å²) in [5, 5.41) is 3.48. The lowest BCUT2D eigenvalue weighted by Crippen LogP contribution is -2.27. The largest absolute Gasteiger partial charge is 0.433 e. The van der Waals surface area contributed by atoms with Gasteiger partial charge in [-0.2, -0.15) is 13.2 Å². The summed E-state index contributed by atoms with van der Waals surface area (Å²) in [6.07, 6.45) is -3.40. The van der Waals surface area contributed by atoms with Crippen molar-refractivity contribution in [2.24, 2.45) is 0 Å². The van der Waals surface area contributed by atoms with Crippen LogP contribution in [0.25, 0.3) is 0 Å². The van der Waals surface area contributed by atoms with E-state index in [-0.39, 0.29) is 12.0 Å². The first-order chi connectivity index (χ1) is 10.8.